The van der Waals surface area contributed by atoms with E-state index in [2.05, 4.69) is 0 Å². The van der Waals surface area contributed by atoms with Gasteiger partial charge >= 0.3 is 0 Å². The molecule has 0 saturated heterocycles. The number of thioether (sulfide) groups is 1. The fraction of sp³-hybridized carbons (Fsp3) is 0.571. The number of sulfonamides is 1. The Kier molecular flexibility index (Phi) is 6.51. The molecule has 20 heavy (non-hydrogen) atoms. The maximum Gasteiger partial charge on any atom is 0.243 e. The van der Waals surface area contributed by atoms with Crippen LogP contribution in [0.1, 0.15) is 31.9 Å². The molecule has 0 aliphatic heterocycles. The Morgan fingerprint density at radius 1 is 1.30 bits per heavy atom. The van der Waals surface area contributed by atoms with E-state index in [1.807, 2.05) is 20.1 Å². The molecule has 0 saturated carbocycles. The minimum atomic E-state index is -3.44. The molecule has 0 aliphatic rings. The van der Waals surface area contributed by atoms with Crippen LogP contribution >= 0.6 is 11.8 Å². The summed E-state index contributed by atoms with van der Waals surface area (Å²) in [6.07, 6.45) is 2.79. The Morgan fingerprint density at radius 3 is 2.25 bits per heavy atom. The standard InChI is InChI=1S/C14H24N2O2S2/c1-5-13(10-19-4)16(3)20(17,18)14-8-6-12(7-9-14)11(2)15/h6-9,11,13H,5,10,15H2,1-4H3. The highest BCUT2D eigenvalue weighted by Crippen LogP contribution is 2.21. The van der Waals surface area contributed by atoms with Crippen molar-refractivity contribution in [3.05, 3.63) is 29.8 Å². The fourth-order valence-corrected chi connectivity index (χ4v) is 4.35. The molecule has 2 atom stereocenters. The number of hydrogen-bond acceptors (Lipinski definition) is 4. The van der Waals surface area contributed by atoms with Gasteiger partial charge in [0.25, 0.3) is 0 Å². The van der Waals surface area contributed by atoms with Crippen LogP contribution in [-0.2, 0) is 10.0 Å². The van der Waals surface area contributed by atoms with E-state index < -0.39 is 10.0 Å². The van der Waals surface area contributed by atoms with E-state index in [1.54, 1.807) is 43.1 Å². The first kappa shape index (κ1) is 17.5. The van der Waals surface area contributed by atoms with E-state index in [0.29, 0.717) is 4.90 Å². The van der Waals surface area contributed by atoms with Gasteiger partial charge in [-0.25, -0.2) is 8.42 Å². The predicted octanol–water partition coefficient (Wildman–Crippen LogP) is 2.47. The smallest absolute Gasteiger partial charge is 0.243 e. The van der Waals surface area contributed by atoms with Crippen LogP contribution in [0.5, 0.6) is 0 Å². The van der Waals surface area contributed by atoms with Gasteiger partial charge < -0.3 is 5.73 Å². The predicted molar refractivity (Wildman–Crippen MR) is 86.5 cm³/mol. The zero-order valence-corrected chi connectivity index (χ0v) is 14.2. The first-order valence-corrected chi connectivity index (χ1v) is 9.50. The van der Waals surface area contributed by atoms with Gasteiger partial charge in [-0.1, -0.05) is 19.1 Å². The second-order valence-electron chi connectivity index (χ2n) is 4.90. The second kappa shape index (κ2) is 7.45. The van der Waals surface area contributed by atoms with Crippen molar-refractivity contribution < 1.29 is 8.42 Å². The molecular weight excluding hydrogens is 292 g/mol. The van der Waals surface area contributed by atoms with Crippen LogP contribution in [0.3, 0.4) is 0 Å². The lowest BCUT2D eigenvalue weighted by Crippen LogP contribution is -2.38. The van der Waals surface area contributed by atoms with Crippen LogP contribution in [0.2, 0.25) is 0 Å². The molecule has 1 aromatic carbocycles. The number of benzene rings is 1. The molecule has 1 aromatic rings. The molecule has 0 bridgehead atoms. The molecule has 114 valence electrons. The highest BCUT2D eigenvalue weighted by Gasteiger charge is 2.26. The van der Waals surface area contributed by atoms with Gasteiger partial charge in [0.15, 0.2) is 0 Å². The third kappa shape index (κ3) is 3.97. The van der Waals surface area contributed by atoms with Crippen LogP contribution in [-0.4, -0.2) is 37.8 Å². The molecular formula is C14H24N2O2S2. The van der Waals surface area contributed by atoms with Gasteiger partial charge in [0.05, 0.1) is 4.90 Å². The Morgan fingerprint density at radius 2 is 1.85 bits per heavy atom. The maximum absolute atomic E-state index is 12.6. The molecule has 2 N–H and O–H groups in total. The van der Waals surface area contributed by atoms with E-state index in [9.17, 15) is 8.42 Å². The van der Waals surface area contributed by atoms with Crippen molar-refractivity contribution in [1.82, 2.24) is 4.31 Å². The van der Waals surface area contributed by atoms with Crippen molar-refractivity contribution in [3.63, 3.8) is 0 Å². The van der Waals surface area contributed by atoms with E-state index >= 15 is 0 Å². The van der Waals surface area contributed by atoms with E-state index in [4.69, 9.17) is 5.73 Å². The summed E-state index contributed by atoms with van der Waals surface area (Å²) in [4.78, 5) is 0.323. The average Bonchev–Trinajstić information content (AvgIpc) is 2.44. The molecule has 0 heterocycles. The largest absolute Gasteiger partial charge is 0.324 e. The Bertz CT molecular complexity index is 512. The zero-order valence-electron chi connectivity index (χ0n) is 12.5. The third-order valence-corrected chi connectivity index (χ3v) is 6.07. The van der Waals surface area contributed by atoms with Crippen molar-refractivity contribution in [2.75, 3.05) is 19.1 Å². The summed E-state index contributed by atoms with van der Waals surface area (Å²) in [5, 5.41) is 0. The van der Waals surface area contributed by atoms with Crippen molar-refractivity contribution >= 4 is 21.8 Å². The third-order valence-electron chi connectivity index (χ3n) is 3.43. The van der Waals surface area contributed by atoms with Gasteiger partial charge in [-0.05, 0) is 37.3 Å². The summed E-state index contributed by atoms with van der Waals surface area (Å²) in [5.74, 6) is 0.796. The molecule has 0 radical (unpaired) electrons. The summed E-state index contributed by atoms with van der Waals surface area (Å²) in [6.45, 7) is 3.88. The lowest BCUT2D eigenvalue weighted by atomic mass is 10.1. The maximum atomic E-state index is 12.6. The molecule has 0 amide bonds. The monoisotopic (exact) mass is 316 g/mol. The lowest BCUT2D eigenvalue weighted by Gasteiger charge is -2.26. The molecule has 6 heteroatoms. The SMILES string of the molecule is CCC(CSC)N(C)S(=O)(=O)c1ccc(C(C)N)cc1. The van der Waals surface area contributed by atoms with Crippen LogP contribution < -0.4 is 5.73 Å². The van der Waals surface area contributed by atoms with Crippen molar-refractivity contribution in [3.8, 4) is 0 Å². The van der Waals surface area contributed by atoms with Gasteiger partial charge in [-0.15, -0.1) is 0 Å². The van der Waals surface area contributed by atoms with E-state index in [-0.39, 0.29) is 12.1 Å². The first-order valence-electron chi connectivity index (χ1n) is 6.67. The van der Waals surface area contributed by atoms with Crippen LogP contribution in [0.4, 0.5) is 0 Å². The summed E-state index contributed by atoms with van der Waals surface area (Å²) < 4.78 is 26.6. The topological polar surface area (TPSA) is 63.4 Å². The summed E-state index contributed by atoms with van der Waals surface area (Å²) >= 11 is 1.66. The van der Waals surface area contributed by atoms with Gasteiger partial charge in [0, 0.05) is 24.9 Å². The molecule has 4 nitrogen and oxygen atoms in total. The normalized spacial score (nSPS) is 15.3. The minimum Gasteiger partial charge on any atom is -0.324 e. The molecule has 0 spiro atoms. The first-order chi connectivity index (χ1) is 9.34. The molecule has 0 aliphatic carbocycles. The summed E-state index contributed by atoms with van der Waals surface area (Å²) in [6, 6.07) is 6.75. The molecule has 1 rings (SSSR count). The van der Waals surface area contributed by atoms with Crippen LogP contribution in [0.15, 0.2) is 29.2 Å². The van der Waals surface area contributed by atoms with Crippen LogP contribution in [0.25, 0.3) is 0 Å². The minimum absolute atomic E-state index is 0.0168. The fourth-order valence-electron chi connectivity index (χ4n) is 1.98. The lowest BCUT2D eigenvalue weighted by molar-refractivity contribution is 0.385. The number of nitrogens with zero attached hydrogens (tertiary/aromatic N) is 1. The number of hydrogen-bond donors (Lipinski definition) is 1. The second-order valence-corrected chi connectivity index (χ2v) is 7.80. The van der Waals surface area contributed by atoms with Gasteiger partial charge in [0.1, 0.15) is 0 Å². The number of nitrogens with two attached hydrogens (primary N) is 1. The molecule has 0 aromatic heterocycles. The zero-order chi connectivity index (χ0) is 15.3. The van der Waals surface area contributed by atoms with Gasteiger partial charge in [-0.2, -0.15) is 16.1 Å². The summed E-state index contributed by atoms with van der Waals surface area (Å²) in [5.41, 5.74) is 6.71. The highest BCUT2D eigenvalue weighted by atomic mass is 32.2. The van der Waals surface area contributed by atoms with Gasteiger partial charge in [0.2, 0.25) is 10.0 Å². The number of rotatable bonds is 7. The Balaban J connectivity index is 3.03. The molecule has 0 fully saturated rings. The van der Waals surface area contributed by atoms with Crippen molar-refractivity contribution in [2.24, 2.45) is 5.73 Å². The summed E-state index contributed by atoms with van der Waals surface area (Å²) in [7, 11) is -1.78. The molecule has 2 unspecified atom stereocenters. The van der Waals surface area contributed by atoms with Crippen molar-refractivity contribution in [2.45, 2.75) is 37.2 Å². The van der Waals surface area contributed by atoms with Gasteiger partial charge in [-0.3, -0.25) is 0 Å². The highest BCUT2D eigenvalue weighted by molar-refractivity contribution is 7.98. The quantitative estimate of drug-likeness (QED) is 0.839. The van der Waals surface area contributed by atoms with Crippen LogP contribution in [0, 0.1) is 0 Å². The van der Waals surface area contributed by atoms with E-state index in [0.717, 1.165) is 17.7 Å². The van der Waals surface area contributed by atoms with E-state index in [1.165, 1.54) is 4.31 Å². The Labute approximate surface area is 126 Å². The van der Waals surface area contributed by atoms with Crippen molar-refractivity contribution in [1.29, 1.82) is 0 Å². The average molecular weight is 316 g/mol. The Hall–Kier alpha value is -0.560.